The predicted molar refractivity (Wildman–Crippen MR) is 160 cm³/mol. The molecule has 0 aliphatic carbocycles. The predicted octanol–water partition coefficient (Wildman–Crippen LogP) is 7.82. The molecule has 1 aliphatic rings. The number of non-ortho nitro benzene ring substituents is 1. The number of nitrogens with zero attached hydrogens (tertiary/aromatic N) is 3. The van der Waals surface area contributed by atoms with Crippen molar-refractivity contribution in [3.05, 3.63) is 122 Å². The summed E-state index contributed by atoms with van der Waals surface area (Å²) < 4.78 is 2.12. The summed E-state index contributed by atoms with van der Waals surface area (Å²) in [5, 5.41) is 10.7. The number of nitro benzene ring substituents is 1. The van der Waals surface area contributed by atoms with Crippen LogP contribution in [0.15, 0.2) is 99.6 Å². The summed E-state index contributed by atoms with van der Waals surface area (Å²) in [6.45, 7) is 4.42. The molecule has 40 heavy (non-hydrogen) atoms. The van der Waals surface area contributed by atoms with Gasteiger partial charge in [-0.3, -0.25) is 24.6 Å². The lowest BCUT2D eigenvalue weighted by Crippen LogP contribution is -2.29. The van der Waals surface area contributed by atoms with Crippen molar-refractivity contribution >= 4 is 46.4 Å². The fraction of sp³-hybridized carbons (Fsp3) is 0.161. The molecule has 1 aromatic heterocycles. The highest BCUT2D eigenvalue weighted by molar-refractivity contribution is 8.18. The van der Waals surface area contributed by atoms with Crippen molar-refractivity contribution in [1.29, 1.82) is 0 Å². The highest BCUT2D eigenvalue weighted by atomic mass is 32.2. The van der Waals surface area contributed by atoms with E-state index in [1.807, 2.05) is 68.5 Å². The van der Waals surface area contributed by atoms with Gasteiger partial charge in [0.15, 0.2) is 0 Å². The molecule has 0 bridgehead atoms. The Kier molecular flexibility index (Phi) is 8.23. The molecule has 1 saturated heterocycles. The Bertz CT molecular complexity index is 1590. The number of benzene rings is 3. The van der Waals surface area contributed by atoms with E-state index in [0.29, 0.717) is 11.4 Å². The van der Waals surface area contributed by atoms with Crippen molar-refractivity contribution in [3.63, 3.8) is 0 Å². The van der Waals surface area contributed by atoms with Crippen LogP contribution in [0.5, 0.6) is 0 Å². The average Bonchev–Trinajstić information content (AvgIpc) is 3.38. The molecular weight excluding hydrogens is 542 g/mol. The molecule has 0 saturated carbocycles. The summed E-state index contributed by atoms with van der Waals surface area (Å²) in [7, 11) is 0. The molecule has 3 aromatic carbocycles. The number of thioether (sulfide) groups is 1. The molecular formula is C31H27N3O4S2. The average molecular weight is 570 g/mol. The number of nitro groups is 1. The third kappa shape index (κ3) is 6.05. The fourth-order valence-electron chi connectivity index (χ4n) is 4.69. The minimum absolute atomic E-state index is 0.0712. The van der Waals surface area contributed by atoms with Gasteiger partial charge in [-0.05, 0) is 98.1 Å². The summed E-state index contributed by atoms with van der Waals surface area (Å²) in [4.78, 5) is 39.9. The highest BCUT2D eigenvalue weighted by Crippen LogP contribution is 2.35. The monoisotopic (exact) mass is 569 g/mol. The summed E-state index contributed by atoms with van der Waals surface area (Å²) in [6, 6.07) is 26.7. The van der Waals surface area contributed by atoms with Gasteiger partial charge in [-0.1, -0.05) is 42.1 Å². The second kappa shape index (κ2) is 12.0. The zero-order valence-corrected chi connectivity index (χ0v) is 23.7. The van der Waals surface area contributed by atoms with Crippen LogP contribution in [0.4, 0.5) is 10.5 Å². The van der Waals surface area contributed by atoms with Crippen molar-refractivity contribution in [1.82, 2.24) is 9.47 Å². The molecule has 2 amide bonds. The van der Waals surface area contributed by atoms with E-state index in [-0.39, 0.29) is 16.8 Å². The normalized spacial score (nSPS) is 14.3. The van der Waals surface area contributed by atoms with Crippen molar-refractivity contribution in [3.8, 4) is 5.69 Å². The number of rotatable bonds is 9. The maximum absolute atomic E-state index is 13.0. The molecule has 0 spiro atoms. The topological polar surface area (TPSA) is 85.5 Å². The van der Waals surface area contributed by atoms with Crippen LogP contribution in [0.25, 0.3) is 11.8 Å². The Hall–Kier alpha value is -4.08. The first-order valence-electron chi connectivity index (χ1n) is 12.8. The standard InChI is InChI=1S/C31H27N3O4S2/c1-21-19-24(20-29-30(35)32(31(36)40-29)18-6-9-23-7-4-3-5-8-23)22(2)33(21)25-10-14-27(15-11-25)39-28-16-12-26(13-17-28)34(37)38/h3-5,7-8,10-17,19-20H,6,9,18H2,1-2H3/b29-20-. The first kappa shape index (κ1) is 27.5. The van der Waals surface area contributed by atoms with Gasteiger partial charge in [0.05, 0.1) is 9.83 Å². The lowest BCUT2D eigenvalue weighted by Gasteiger charge is -2.12. The molecule has 5 rings (SSSR count). The number of hydrogen-bond acceptors (Lipinski definition) is 6. The molecule has 202 valence electrons. The molecule has 9 heteroatoms. The molecule has 0 atom stereocenters. The van der Waals surface area contributed by atoms with Crippen LogP contribution >= 0.6 is 23.5 Å². The number of carbonyl (C=O) groups excluding carboxylic acids is 2. The maximum atomic E-state index is 13.0. The minimum atomic E-state index is -0.405. The zero-order valence-electron chi connectivity index (χ0n) is 22.1. The third-order valence-corrected chi connectivity index (χ3v) is 8.62. The van der Waals surface area contributed by atoms with E-state index in [9.17, 15) is 19.7 Å². The van der Waals surface area contributed by atoms with Gasteiger partial charge in [-0.25, -0.2) is 0 Å². The molecule has 7 nitrogen and oxygen atoms in total. The van der Waals surface area contributed by atoms with Crippen LogP contribution in [0, 0.1) is 24.0 Å². The fourth-order valence-corrected chi connectivity index (χ4v) is 6.36. The number of amides is 2. The number of hydrogen-bond donors (Lipinski definition) is 0. The van der Waals surface area contributed by atoms with Gasteiger partial charge in [0.2, 0.25) is 0 Å². The number of aryl methyl sites for hydroxylation is 2. The summed E-state index contributed by atoms with van der Waals surface area (Å²) in [5.41, 5.74) is 5.14. The lowest BCUT2D eigenvalue weighted by molar-refractivity contribution is -0.384. The third-order valence-electron chi connectivity index (χ3n) is 6.70. The number of aromatic nitrogens is 1. The van der Waals surface area contributed by atoms with Crippen LogP contribution < -0.4 is 0 Å². The lowest BCUT2D eigenvalue weighted by atomic mass is 10.1. The molecule has 0 N–H and O–H groups in total. The maximum Gasteiger partial charge on any atom is 0.293 e. The van der Waals surface area contributed by atoms with E-state index < -0.39 is 4.92 Å². The second-order valence-electron chi connectivity index (χ2n) is 9.43. The Morgan fingerprint density at radius 2 is 1.57 bits per heavy atom. The van der Waals surface area contributed by atoms with Crippen LogP contribution in [0.1, 0.15) is 28.9 Å². The van der Waals surface area contributed by atoms with E-state index in [1.165, 1.54) is 34.4 Å². The first-order valence-corrected chi connectivity index (χ1v) is 14.4. The van der Waals surface area contributed by atoms with Crippen LogP contribution in [-0.2, 0) is 11.2 Å². The highest BCUT2D eigenvalue weighted by Gasteiger charge is 2.34. The van der Waals surface area contributed by atoms with Gasteiger partial charge in [-0.15, -0.1) is 0 Å². The van der Waals surface area contributed by atoms with E-state index in [2.05, 4.69) is 16.7 Å². The summed E-state index contributed by atoms with van der Waals surface area (Å²) >= 11 is 2.53. The Balaban J connectivity index is 1.27. The zero-order chi connectivity index (χ0) is 28.2. The molecule has 0 unspecified atom stereocenters. The van der Waals surface area contributed by atoms with Gasteiger partial charge >= 0.3 is 0 Å². The van der Waals surface area contributed by atoms with Gasteiger partial charge in [-0.2, -0.15) is 0 Å². The second-order valence-corrected chi connectivity index (χ2v) is 11.6. The molecule has 1 fully saturated rings. The number of imide groups is 1. The molecule has 2 heterocycles. The number of carbonyl (C=O) groups is 2. The van der Waals surface area contributed by atoms with Crippen molar-refractivity contribution < 1.29 is 14.5 Å². The summed E-state index contributed by atoms with van der Waals surface area (Å²) in [6.07, 6.45) is 3.36. The van der Waals surface area contributed by atoms with Gasteiger partial charge in [0.1, 0.15) is 0 Å². The molecule has 4 aromatic rings. The smallest absolute Gasteiger partial charge is 0.293 e. The first-order chi connectivity index (χ1) is 19.3. The van der Waals surface area contributed by atoms with Crippen molar-refractivity contribution in [2.45, 2.75) is 36.5 Å². The van der Waals surface area contributed by atoms with E-state index in [4.69, 9.17) is 0 Å². The van der Waals surface area contributed by atoms with Crippen LogP contribution in [-0.4, -0.2) is 32.1 Å². The van der Waals surface area contributed by atoms with Gasteiger partial charge in [0, 0.05) is 45.5 Å². The quantitative estimate of drug-likeness (QED) is 0.116. The van der Waals surface area contributed by atoms with E-state index >= 15 is 0 Å². The van der Waals surface area contributed by atoms with Crippen LogP contribution in [0.3, 0.4) is 0 Å². The van der Waals surface area contributed by atoms with Gasteiger partial charge < -0.3 is 4.57 Å². The molecule has 0 radical (unpaired) electrons. The van der Waals surface area contributed by atoms with Crippen molar-refractivity contribution in [2.75, 3.05) is 6.54 Å². The Morgan fingerprint density at radius 3 is 2.23 bits per heavy atom. The van der Waals surface area contributed by atoms with Gasteiger partial charge in [0.25, 0.3) is 16.8 Å². The SMILES string of the molecule is Cc1cc(/C=C2\SC(=O)N(CCCc3ccccc3)C2=O)c(C)n1-c1ccc(Sc2ccc([N+](=O)[O-])cc2)cc1. The summed E-state index contributed by atoms with van der Waals surface area (Å²) in [5.74, 6) is -0.236. The largest absolute Gasteiger partial charge is 0.318 e. The van der Waals surface area contributed by atoms with E-state index in [1.54, 1.807) is 12.1 Å². The minimum Gasteiger partial charge on any atom is -0.318 e. The molecule has 1 aliphatic heterocycles. The van der Waals surface area contributed by atoms with Crippen molar-refractivity contribution in [2.24, 2.45) is 0 Å². The Labute approximate surface area is 241 Å². The van der Waals surface area contributed by atoms with E-state index in [0.717, 1.165) is 57.0 Å². The Morgan fingerprint density at radius 1 is 0.925 bits per heavy atom. The van der Waals surface area contributed by atoms with Crippen LogP contribution in [0.2, 0.25) is 0 Å².